The molecular weight excluding hydrogens is 432 g/mol. The van der Waals surface area contributed by atoms with Crippen LogP contribution in [0.4, 0.5) is 13.2 Å². The molecule has 0 aromatic heterocycles. The minimum Gasteiger partial charge on any atom is -0.310 e. The summed E-state index contributed by atoms with van der Waals surface area (Å²) < 4.78 is 50.1. The molecule has 2 rings (SSSR count). The average molecular weight is 467 g/mol. The van der Waals surface area contributed by atoms with Gasteiger partial charge in [0.15, 0.2) is 7.14 Å². The zero-order valence-electron chi connectivity index (χ0n) is 18.7. The van der Waals surface area contributed by atoms with E-state index < -0.39 is 19.7 Å². The Morgan fingerprint density at radius 3 is 1.59 bits per heavy atom. The summed E-state index contributed by atoms with van der Waals surface area (Å²) in [6, 6.07) is 17.9. The summed E-state index contributed by atoms with van der Waals surface area (Å²) in [5.41, 5.74) is 0.227. The molecule has 0 spiro atoms. The second-order valence-corrected chi connectivity index (χ2v) is 11.2. The molecule has 0 amide bonds. The molecule has 0 aliphatic heterocycles. The van der Waals surface area contributed by atoms with Crippen molar-refractivity contribution in [3.63, 3.8) is 0 Å². The van der Waals surface area contributed by atoms with Crippen LogP contribution in [0.1, 0.15) is 81.0 Å². The number of hydrogen-bond acceptors (Lipinski definition) is 2. The van der Waals surface area contributed by atoms with Crippen molar-refractivity contribution >= 4 is 18.0 Å². The summed E-state index contributed by atoms with van der Waals surface area (Å²) >= 11 is 0. The summed E-state index contributed by atoms with van der Waals surface area (Å²) in [6.07, 6.45) is 4.23. The standard InChI is InChI=1S/C26H34F3O2P/c27-26(28,29)21-15-7-5-3-1-2-4-6-8-16-22-32(31,24-19-13-10-14-20-24)25(30)23-17-11-9-12-18-23/h9-14,17-20H,1-8,15-16,21-22H2. The van der Waals surface area contributed by atoms with Crippen LogP contribution < -0.4 is 5.30 Å². The molecule has 0 fully saturated rings. The number of benzene rings is 2. The van der Waals surface area contributed by atoms with E-state index in [0.29, 0.717) is 23.5 Å². The SMILES string of the molecule is O=C(c1ccccc1)P(=O)(CCCCCCCCCCCCC(F)(F)F)c1ccccc1. The molecule has 2 nitrogen and oxygen atoms in total. The molecule has 1 atom stereocenters. The first kappa shape index (κ1) is 26.4. The van der Waals surface area contributed by atoms with Gasteiger partial charge in [0.25, 0.3) is 0 Å². The molecule has 6 heteroatoms. The molecule has 0 radical (unpaired) electrons. The molecule has 0 aliphatic carbocycles. The Morgan fingerprint density at radius 1 is 0.656 bits per heavy atom. The van der Waals surface area contributed by atoms with Crippen LogP contribution in [0.25, 0.3) is 0 Å². The summed E-state index contributed by atoms with van der Waals surface area (Å²) in [4.78, 5) is 13.1. The van der Waals surface area contributed by atoms with E-state index in [4.69, 9.17) is 0 Å². The van der Waals surface area contributed by atoms with Gasteiger partial charge in [-0.1, -0.05) is 112 Å². The Balaban J connectivity index is 1.70. The Kier molecular flexibility index (Phi) is 11.2. The molecule has 0 heterocycles. The molecule has 176 valence electrons. The third-order valence-electron chi connectivity index (χ3n) is 5.71. The monoisotopic (exact) mass is 466 g/mol. The first-order valence-corrected chi connectivity index (χ1v) is 13.5. The number of halogens is 3. The number of hydrogen-bond donors (Lipinski definition) is 0. The lowest BCUT2D eigenvalue weighted by atomic mass is 10.1. The third kappa shape index (κ3) is 9.32. The highest BCUT2D eigenvalue weighted by atomic mass is 31.2. The van der Waals surface area contributed by atoms with Crippen molar-refractivity contribution in [2.75, 3.05) is 6.16 Å². The van der Waals surface area contributed by atoms with E-state index in [1.807, 2.05) is 24.3 Å². The first-order valence-electron chi connectivity index (χ1n) is 11.6. The maximum atomic E-state index is 13.8. The van der Waals surface area contributed by atoms with Crippen molar-refractivity contribution in [2.45, 2.75) is 76.8 Å². The highest BCUT2D eigenvalue weighted by Gasteiger charge is 2.33. The summed E-state index contributed by atoms with van der Waals surface area (Å²) in [5.74, 6) is 0. The lowest BCUT2D eigenvalue weighted by Gasteiger charge is -2.17. The number of unbranched alkanes of at least 4 members (excludes halogenated alkanes) is 9. The summed E-state index contributed by atoms with van der Waals surface area (Å²) in [6.45, 7) is 0. The number of alkyl halides is 3. The largest absolute Gasteiger partial charge is 0.389 e. The van der Waals surface area contributed by atoms with E-state index in [9.17, 15) is 22.5 Å². The fourth-order valence-corrected chi connectivity index (χ4v) is 6.46. The molecule has 32 heavy (non-hydrogen) atoms. The lowest BCUT2D eigenvalue weighted by Crippen LogP contribution is -2.16. The first-order chi connectivity index (χ1) is 15.3. The molecule has 2 aromatic carbocycles. The summed E-state index contributed by atoms with van der Waals surface area (Å²) in [5, 5.41) is 0.624. The van der Waals surface area contributed by atoms with Crippen LogP contribution in [0, 0.1) is 0 Å². The Labute approximate surface area is 190 Å². The van der Waals surface area contributed by atoms with Gasteiger partial charge in [0.1, 0.15) is 0 Å². The van der Waals surface area contributed by atoms with Crippen LogP contribution in [0.3, 0.4) is 0 Å². The molecule has 0 saturated heterocycles. The quantitative estimate of drug-likeness (QED) is 0.195. The minimum absolute atomic E-state index is 0.229. The molecule has 0 bridgehead atoms. The highest BCUT2D eigenvalue weighted by molar-refractivity contribution is 7.87. The van der Waals surface area contributed by atoms with E-state index >= 15 is 0 Å². The molecule has 0 aliphatic rings. The van der Waals surface area contributed by atoms with Crippen molar-refractivity contribution in [1.29, 1.82) is 0 Å². The van der Waals surface area contributed by atoms with Crippen LogP contribution >= 0.6 is 7.14 Å². The average Bonchev–Trinajstić information content (AvgIpc) is 2.79. The highest BCUT2D eigenvalue weighted by Crippen LogP contribution is 2.48. The fraction of sp³-hybridized carbons (Fsp3) is 0.500. The van der Waals surface area contributed by atoms with E-state index in [2.05, 4.69) is 0 Å². The van der Waals surface area contributed by atoms with Crippen molar-refractivity contribution in [3.8, 4) is 0 Å². The Morgan fingerprint density at radius 2 is 1.09 bits per heavy atom. The predicted octanol–water partition coefficient (Wildman–Crippen LogP) is 8.37. The van der Waals surface area contributed by atoms with Crippen molar-refractivity contribution in [1.82, 2.24) is 0 Å². The van der Waals surface area contributed by atoms with Crippen molar-refractivity contribution < 1.29 is 22.5 Å². The van der Waals surface area contributed by atoms with Gasteiger partial charge in [-0.25, -0.2) is 0 Å². The maximum absolute atomic E-state index is 13.8. The molecule has 1 unspecified atom stereocenters. The number of carbonyl (C=O) groups is 1. The smallest absolute Gasteiger partial charge is 0.310 e. The fourth-order valence-electron chi connectivity index (χ4n) is 3.88. The van der Waals surface area contributed by atoms with Gasteiger partial charge in [-0.2, -0.15) is 13.2 Å². The van der Waals surface area contributed by atoms with Crippen LogP contribution in [0.5, 0.6) is 0 Å². The third-order valence-corrected chi connectivity index (χ3v) is 8.70. The van der Waals surface area contributed by atoms with Gasteiger partial charge in [0.2, 0.25) is 5.52 Å². The van der Waals surface area contributed by atoms with Gasteiger partial charge >= 0.3 is 6.18 Å². The van der Waals surface area contributed by atoms with Crippen molar-refractivity contribution in [3.05, 3.63) is 66.2 Å². The van der Waals surface area contributed by atoms with Crippen molar-refractivity contribution in [2.24, 2.45) is 0 Å². The van der Waals surface area contributed by atoms with Gasteiger partial charge in [-0.05, 0) is 12.8 Å². The molecular formula is C26H34F3O2P. The topological polar surface area (TPSA) is 34.1 Å². The summed E-state index contributed by atoms with van der Waals surface area (Å²) in [7, 11) is -3.19. The van der Waals surface area contributed by atoms with Crippen LogP contribution in [0.15, 0.2) is 60.7 Å². The maximum Gasteiger partial charge on any atom is 0.389 e. The van der Waals surface area contributed by atoms with Gasteiger partial charge in [-0.15, -0.1) is 0 Å². The van der Waals surface area contributed by atoms with E-state index in [1.165, 1.54) is 0 Å². The Bertz CT molecular complexity index is 835. The molecule has 0 N–H and O–H groups in total. The predicted molar refractivity (Wildman–Crippen MR) is 126 cm³/mol. The Hall–Kier alpha value is -1.87. The van der Waals surface area contributed by atoms with Crippen LogP contribution in [0.2, 0.25) is 0 Å². The van der Waals surface area contributed by atoms with Gasteiger partial charge in [-0.3, -0.25) is 4.79 Å². The van der Waals surface area contributed by atoms with E-state index in [0.717, 1.165) is 51.4 Å². The zero-order chi connectivity index (χ0) is 23.3. The number of rotatable bonds is 15. The minimum atomic E-state index is -4.03. The van der Waals surface area contributed by atoms with E-state index in [-0.39, 0.29) is 11.9 Å². The molecule has 0 saturated carbocycles. The van der Waals surface area contributed by atoms with E-state index in [1.54, 1.807) is 36.4 Å². The van der Waals surface area contributed by atoms with Gasteiger partial charge in [0.05, 0.1) is 0 Å². The lowest BCUT2D eigenvalue weighted by molar-refractivity contribution is -0.135. The van der Waals surface area contributed by atoms with Crippen LogP contribution in [-0.4, -0.2) is 17.9 Å². The normalized spacial score (nSPS) is 13.6. The number of carbonyl (C=O) groups excluding carboxylic acids is 1. The zero-order valence-corrected chi connectivity index (χ0v) is 19.6. The second-order valence-electron chi connectivity index (χ2n) is 8.37. The van der Waals surface area contributed by atoms with Gasteiger partial charge < -0.3 is 4.57 Å². The van der Waals surface area contributed by atoms with Crippen LogP contribution in [-0.2, 0) is 4.57 Å². The molecule has 2 aromatic rings. The van der Waals surface area contributed by atoms with Gasteiger partial charge in [0, 0.05) is 23.5 Å². The second kappa shape index (κ2) is 13.6.